The second-order valence-corrected chi connectivity index (χ2v) is 8.88. The summed E-state index contributed by atoms with van der Waals surface area (Å²) in [6.45, 7) is 4.66. The van der Waals surface area contributed by atoms with Crippen molar-refractivity contribution in [2.45, 2.75) is 38.3 Å². The molecule has 0 spiro atoms. The Morgan fingerprint density at radius 1 is 0.939 bits per heavy atom. The van der Waals surface area contributed by atoms with Crippen LogP contribution in [0.15, 0.2) is 55.4 Å². The van der Waals surface area contributed by atoms with Crippen molar-refractivity contribution < 1.29 is 4.79 Å². The molecule has 172 valence electrons. The molecule has 33 heavy (non-hydrogen) atoms. The van der Waals surface area contributed by atoms with Crippen LogP contribution in [0.25, 0.3) is 5.82 Å². The van der Waals surface area contributed by atoms with Gasteiger partial charge < -0.3 is 10.2 Å². The highest BCUT2D eigenvalue weighted by Gasteiger charge is 2.28. The summed E-state index contributed by atoms with van der Waals surface area (Å²) in [6.07, 6.45) is 8.36. The maximum Gasteiger partial charge on any atom is 0.223 e. The lowest BCUT2D eigenvalue weighted by Gasteiger charge is -2.35. The van der Waals surface area contributed by atoms with Crippen molar-refractivity contribution >= 4 is 11.7 Å². The molecule has 9 heteroatoms. The molecule has 0 atom stereocenters. The lowest BCUT2D eigenvalue weighted by molar-refractivity contribution is -0.126. The molecule has 4 heterocycles. The first-order valence-corrected chi connectivity index (χ1v) is 11.7. The minimum Gasteiger partial charge on any atom is -0.356 e. The van der Waals surface area contributed by atoms with Crippen molar-refractivity contribution in [3.63, 3.8) is 0 Å². The number of hydrogen-bond donors (Lipinski definition) is 1. The smallest absolute Gasteiger partial charge is 0.223 e. The van der Waals surface area contributed by atoms with Crippen molar-refractivity contribution in [1.82, 2.24) is 34.9 Å². The molecule has 2 aliphatic heterocycles. The first-order valence-electron chi connectivity index (χ1n) is 11.7. The van der Waals surface area contributed by atoms with Crippen LogP contribution in [-0.2, 0) is 11.3 Å². The second kappa shape index (κ2) is 10.1. The zero-order chi connectivity index (χ0) is 22.5. The zero-order valence-electron chi connectivity index (χ0n) is 18.8. The van der Waals surface area contributed by atoms with Gasteiger partial charge in [-0.25, -0.2) is 19.6 Å². The summed E-state index contributed by atoms with van der Waals surface area (Å²) in [5.41, 5.74) is 1.35. The van der Waals surface area contributed by atoms with E-state index in [-0.39, 0.29) is 17.9 Å². The standard InChI is InChI=1S/C24H30N8O/c33-24(29-21-8-10-30(11-9-21)15-19-4-2-1-3-5-19)20-6-12-31(13-7-20)22-14-23(27-17-26-22)32-18-25-16-28-32/h1-5,14,16-18,20-21H,6-13,15H2,(H,29,33). The fourth-order valence-electron chi connectivity index (χ4n) is 4.73. The van der Waals surface area contributed by atoms with Crippen molar-refractivity contribution in [1.29, 1.82) is 0 Å². The number of aromatic nitrogens is 5. The van der Waals surface area contributed by atoms with Crippen LogP contribution >= 0.6 is 0 Å². The zero-order valence-corrected chi connectivity index (χ0v) is 18.8. The average molecular weight is 447 g/mol. The topological polar surface area (TPSA) is 92.1 Å². The van der Waals surface area contributed by atoms with Crippen LogP contribution in [0.3, 0.4) is 0 Å². The van der Waals surface area contributed by atoms with E-state index in [1.165, 1.54) is 11.9 Å². The average Bonchev–Trinajstić information content (AvgIpc) is 3.41. The summed E-state index contributed by atoms with van der Waals surface area (Å²) in [6, 6.07) is 12.8. The fraction of sp³-hybridized carbons (Fsp3) is 0.458. The highest BCUT2D eigenvalue weighted by Crippen LogP contribution is 2.23. The molecule has 0 radical (unpaired) electrons. The molecule has 0 unspecified atom stereocenters. The van der Waals surface area contributed by atoms with Gasteiger partial charge in [0.15, 0.2) is 5.82 Å². The highest BCUT2D eigenvalue weighted by atomic mass is 16.2. The molecule has 1 amide bonds. The molecule has 1 N–H and O–H groups in total. The number of rotatable bonds is 6. The van der Waals surface area contributed by atoms with Crippen LogP contribution < -0.4 is 10.2 Å². The molecular formula is C24H30N8O. The molecule has 9 nitrogen and oxygen atoms in total. The van der Waals surface area contributed by atoms with E-state index in [1.54, 1.807) is 17.3 Å². The maximum atomic E-state index is 12.9. The molecule has 2 aliphatic rings. The predicted molar refractivity (Wildman–Crippen MR) is 125 cm³/mol. The Balaban J connectivity index is 1.07. The SMILES string of the molecule is O=C(NC1CCN(Cc2ccccc2)CC1)C1CCN(c2cc(-n3cncn3)ncn2)CC1. The van der Waals surface area contributed by atoms with Gasteiger partial charge in [0, 0.05) is 50.7 Å². The summed E-state index contributed by atoms with van der Waals surface area (Å²) in [5.74, 6) is 1.83. The van der Waals surface area contributed by atoms with Crippen molar-refractivity contribution in [3.05, 3.63) is 60.9 Å². The van der Waals surface area contributed by atoms with E-state index < -0.39 is 0 Å². The third-order valence-electron chi connectivity index (χ3n) is 6.66. The van der Waals surface area contributed by atoms with Gasteiger partial charge in [0.1, 0.15) is 24.8 Å². The van der Waals surface area contributed by atoms with Crippen molar-refractivity contribution in [2.24, 2.45) is 5.92 Å². The number of anilines is 1. The molecular weight excluding hydrogens is 416 g/mol. The summed E-state index contributed by atoms with van der Waals surface area (Å²) < 4.78 is 1.62. The van der Waals surface area contributed by atoms with Gasteiger partial charge in [-0.1, -0.05) is 30.3 Å². The summed E-state index contributed by atoms with van der Waals surface area (Å²) >= 11 is 0. The van der Waals surface area contributed by atoms with Gasteiger partial charge in [-0.15, -0.1) is 0 Å². The Hall–Kier alpha value is -3.33. The Morgan fingerprint density at radius 3 is 2.42 bits per heavy atom. The maximum absolute atomic E-state index is 12.9. The van der Waals surface area contributed by atoms with Crippen molar-refractivity contribution in [2.75, 3.05) is 31.1 Å². The second-order valence-electron chi connectivity index (χ2n) is 8.88. The first kappa shape index (κ1) is 21.5. The van der Waals surface area contributed by atoms with Crippen LogP contribution in [0.5, 0.6) is 0 Å². The number of carbonyl (C=O) groups excluding carboxylic acids is 1. The van der Waals surface area contributed by atoms with Crippen LogP contribution in [0.4, 0.5) is 5.82 Å². The molecule has 3 aromatic rings. The highest BCUT2D eigenvalue weighted by molar-refractivity contribution is 5.79. The van der Waals surface area contributed by atoms with Gasteiger partial charge in [-0.05, 0) is 31.2 Å². The molecule has 1 aromatic carbocycles. The largest absolute Gasteiger partial charge is 0.356 e. The number of carbonyl (C=O) groups is 1. The van der Waals surface area contributed by atoms with E-state index in [0.717, 1.165) is 64.2 Å². The Bertz CT molecular complexity index is 1030. The Labute approximate surface area is 193 Å². The lowest BCUT2D eigenvalue weighted by atomic mass is 9.94. The number of benzene rings is 1. The van der Waals surface area contributed by atoms with Gasteiger partial charge in [0.05, 0.1) is 0 Å². The van der Waals surface area contributed by atoms with Crippen LogP contribution in [0, 0.1) is 5.92 Å². The molecule has 0 saturated carbocycles. The molecule has 2 fully saturated rings. The lowest BCUT2D eigenvalue weighted by Crippen LogP contribution is -2.48. The number of piperidine rings is 2. The van der Waals surface area contributed by atoms with Gasteiger partial charge in [-0.3, -0.25) is 9.69 Å². The molecule has 2 saturated heterocycles. The van der Waals surface area contributed by atoms with E-state index in [1.807, 2.05) is 6.07 Å². The Morgan fingerprint density at radius 2 is 1.70 bits per heavy atom. The normalized spacial score (nSPS) is 18.4. The van der Waals surface area contributed by atoms with Crippen molar-refractivity contribution in [3.8, 4) is 5.82 Å². The van der Waals surface area contributed by atoms with E-state index in [2.05, 4.69) is 65.5 Å². The van der Waals surface area contributed by atoms with Crippen LogP contribution in [0.2, 0.25) is 0 Å². The predicted octanol–water partition coefficient (Wildman–Crippen LogP) is 2.05. The third-order valence-corrected chi connectivity index (χ3v) is 6.66. The first-order chi connectivity index (χ1) is 16.2. The number of nitrogens with zero attached hydrogens (tertiary/aromatic N) is 7. The summed E-state index contributed by atoms with van der Waals surface area (Å²) in [7, 11) is 0. The number of likely N-dealkylation sites (tertiary alicyclic amines) is 1. The molecule has 0 bridgehead atoms. The minimum absolute atomic E-state index is 0.0696. The molecule has 2 aromatic heterocycles. The van der Waals surface area contributed by atoms with Gasteiger partial charge in [0.2, 0.25) is 5.91 Å². The van der Waals surface area contributed by atoms with E-state index in [0.29, 0.717) is 5.82 Å². The number of nitrogens with one attached hydrogen (secondary N) is 1. The van der Waals surface area contributed by atoms with E-state index in [4.69, 9.17) is 0 Å². The third kappa shape index (κ3) is 5.36. The van der Waals surface area contributed by atoms with Gasteiger partial charge >= 0.3 is 0 Å². The quantitative estimate of drug-likeness (QED) is 0.620. The van der Waals surface area contributed by atoms with Crippen LogP contribution in [-0.4, -0.2) is 67.8 Å². The summed E-state index contributed by atoms with van der Waals surface area (Å²) in [5, 5.41) is 7.46. The number of amides is 1. The van der Waals surface area contributed by atoms with E-state index in [9.17, 15) is 4.79 Å². The monoisotopic (exact) mass is 446 g/mol. The van der Waals surface area contributed by atoms with E-state index >= 15 is 0 Å². The molecule has 5 rings (SSSR count). The minimum atomic E-state index is 0.0696. The summed E-state index contributed by atoms with van der Waals surface area (Å²) in [4.78, 5) is 30.3. The van der Waals surface area contributed by atoms with Gasteiger partial charge in [-0.2, -0.15) is 5.10 Å². The number of hydrogen-bond acceptors (Lipinski definition) is 7. The fourth-order valence-corrected chi connectivity index (χ4v) is 4.73. The van der Waals surface area contributed by atoms with Gasteiger partial charge in [0.25, 0.3) is 0 Å². The van der Waals surface area contributed by atoms with Crippen LogP contribution in [0.1, 0.15) is 31.2 Å². The molecule has 0 aliphatic carbocycles. The Kier molecular flexibility index (Phi) is 6.57.